The largest absolute Gasteiger partial charge is 0.486 e. The van der Waals surface area contributed by atoms with Gasteiger partial charge in [-0.05, 0) is 60.5 Å². The zero-order chi connectivity index (χ0) is 22.3. The van der Waals surface area contributed by atoms with Crippen molar-refractivity contribution in [1.29, 1.82) is 5.26 Å². The summed E-state index contributed by atoms with van der Waals surface area (Å²) in [5.41, 5.74) is 2.90. The van der Waals surface area contributed by atoms with E-state index in [0.717, 1.165) is 17.7 Å². The number of aromatic nitrogens is 4. The maximum atomic E-state index is 9.44. The molecular formula is C25H23N5OS. The number of ether oxygens (including phenoxy) is 1. The fourth-order valence-corrected chi connectivity index (χ4v) is 4.31. The number of pyridine rings is 1. The third-order valence-electron chi connectivity index (χ3n) is 5.18. The van der Waals surface area contributed by atoms with Crippen molar-refractivity contribution in [2.75, 3.05) is 0 Å². The van der Waals surface area contributed by atoms with Crippen molar-refractivity contribution in [3.8, 4) is 11.8 Å². The Hall–Kier alpha value is -3.63. The Balaban J connectivity index is 1.65. The van der Waals surface area contributed by atoms with Gasteiger partial charge in [0.1, 0.15) is 23.5 Å². The van der Waals surface area contributed by atoms with Gasteiger partial charge in [0.05, 0.1) is 11.6 Å². The van der Waals surface area contributed by atoms with Crippen LogP contribution in [0.4, 0.5) is 0 Å². The van der Waals surface area contributed by atoms with Crippen molar-refractivity contribution in [1.82, 2.24) is 19.7 Å². The maximum Gasteiger partial charge on any atom is 0.198 e. The Morgan fingerprint density at radius 3 is 2.53 bits per heavy atom. The quantitative estimate of drug-likeness (QED) is 0.362. The van der Waals surface area contributed by atoms with Crippen LogP contribution in [0.5, 0.6) is 5.75 Å². The first kappa shape index (κ1) is 21.6. The number of rotatable bonds is 8. The lowest BCUT2D eigenvalue weighted by Gasteiger charge is -2.18. The van der Waals surface area contributed by atoms with Gasteiger partial charge in [-0.15, -0.1) is 10.2 Å². The van der Waals surface area contributed by atoms with Crippen LogP contribution in [0.3, 0.4) is 0 Å². The second-order valence-electron chi connectivity index (χ2n) is 7.21. The van der Waals surface area contributed by atoms with E-state index in [9.17, 15) is 5.26 Å². The maximum absolute atomic E-state index is 9.44. The van der Waals surface area contributed by atoms with E-state index in [1.807, 2.05) is 30.3 Å². The third-order valence-corrected chi connectivity index (χ3v) is 6.16. The zero-order valence-electron chi connectivity index (χ0n) is 18.0. The molecule has 0 spiro atoms. The van der Waals surface area contributed by atoms with Crippen molar-refractivity contribution in [2.24, 2.45) is 0 Å². The number of nitrogens with zero attached hydrogens (tertiary/aromatic N) is 5. The van der Waals surface area contributed by atoms with Gasteiger partial charge in [0, 0.05) is 6.20 Å². The van der Waals surface area contributed by atoms with Gasteiger partial charge >= 0.3 is 0 Å². The summed E-state index contributed by atoms with van der Waals surface area (Å²) in [5.74, 6) is 1.49. The molecule has 2 aromatic carbocycles. The van der Waals surface area contributed by atoms with E-state index in [1.54, 1.807) is 18.3 Å². The molecule has 0 amide bonds. The van der Waals surface area contributed by atoms with Crippen LogP contribution in [0.25, 0.3) is 0 Å². The van der Waals surface area contributed by atoms with Gasteiger partial charge in [-0.3, -0.25) is 4.57 Å². The summed E-state index contributed by atoms with van der Waals surface area (Å²) >= 11 is 1.34. The highest BCUT2D eigenvalue weighted by atomic mass is 32.2. The minimum absolute atomic E-state index is 0.0241. The van der Waals surface area contributed by atoms with Gasteiger partial charge in [0.2, 0.25) is 0 Å². The highest BCUT2D eigenvalue weighted by Gasteiger charge is 2.21. The van der Waals surface area contributed by atoms with Crippen LogP contribution in [-0.4, -0.2) is 19.7 Å². The highest BCUT2D eigenvalue weighted by molar-refractivity contribution is 7.99. The van der Waals surface area contributed by atoms with Gasteiger partial charge in [-0.2, -0.15) is 5.26 Å². The van der Waals surface area contributed by atoms with Crippen LogP contribution in [-0.2, 0) is 13.0 Å². The van der Waals surface area contributed by atoms with E-state index < -0.39 is 0 Å². The number of hydrogen-bond acceptors (Lipinski definition) is 6. The first-order chi connectivity index (χ1) is 15.7. The van der Waals surface area contributed by atoms with Crippen LogP contribution in [0.2, 0.25) is 0 Å². The normalized spacial score (nSPS) is 11.7. The average molecular weight is 442 g/mol. The molecule has 2 heterocycles. The molecular weight excluding hydrogens is 418 g/mol. The van der Waals surface area contributed by atoms with Crippen molar-refractivity contribution in [2.45, 2.75) is 43.1 Å². The van der Waals surface area contributed by atoms with Crippen LogP contribution >= 0.6 is 11.8 Å². The summed E-state index contributed by atoms with van der Waals surface area (Å²) in [7, 11) is 0. The molecule has 0 radical (unpaired) electrons. The molecule has 0 bridgehead atoms. The molecule has 4 rings (SSSR count). The molecule has 7 heteroatoms. The van der Waals surface area contributed by atoms with Gasteiger partial charge in [-0.1, -0.05) is 49.4 Å². The Morgan fingerprint density at radius 1 is 1.03 bits per heavy atom. The summed E-state index contributed by atoms with van der Waals surface area (Å²) in [6.07, 6.45) is 2.66. The SMILES string of the molecule is CCc1ccc(OCc2nnc(Sc3ncccc3C#N)n2[C@H](C)c2ccccc2)cc1. The Morgan fingerprint density at radius 2 is 1.81 bits per heavy atom. The highest BCUT2D eigenvalue weighted by Crippen LogP contribution is 2.32. The molecule has 0 saturated heterocycles. The van der Waals surface area contributed by atoms with Gasteiger partial charge in [0.15, 0.2) is 11.0 Å². The first-order valence-electron chi connectivity index (χ1n) is 10.4. The van der Waals surface area contributed by atoms with E-state index in [0.29, 0.717) is 21.6 Å². The van der Waals surface area contributed by atoms with Gasteiger partial charge in [0.25, 0.3) is 0 Å². The van der Waals surface area contributed by atoms with Crippen LogP contribution < -0.4 is 4.74 Å². The Bertz CT molecular complexity index is 1220. The van der Waals surface area contributed by atoms with E-state index in [2.05, 4.69) is 63.9 Å². The van der Waals surface area contributed by atoms with Crippen molar-refractivity contribution < 1.29 is 4.74 Å². The van der Waals surface area contributed by atoms with Gasteiger partial charge < -0.3 is 4.74 Å². The molecule has 0 aliphatic rings. The lowest BCUT2D eigenvalue weighted by Crippen LogP contribution is -2.14. The molecule has 0 fully saturated rings. The standard InChI is InChI=1S/C25H23N5OS/c1-3-19-11-13-22(14-12-19)31-17-23-28-29-25(32-24-21(16-26)10-7-15-27-24)30(23)18(2)20-8-5-4-6-9-20/h4-15,18H,3,17H2,1-2H3/t18-/m1/s1. The topological polar surface area (TPSA) is 76.6 Å². The summed E-state index contributed by atoms with van der Waals surface area (Å²) in [6.45, 7) is 4.51. The number of nitriles is 1. The zero-order valence-corrected chi connectivity index (χ0v) is 18.8. The lowest BCUT2D eigenvalue weighted by atomic mass is 10.1. The summed E-state index contributed by atoms with van der Waals surface area (Å²) in [6, 6.07) is 23.9. The summed E-state index contributed by atoms with van der Waals surface area (Å²) < 4.78 is 8.08. The predicted molar refractivity (Wildman–Crippen MR) is 124 cm³/mol. The predicted octanol–water partition coefficient (Wildman–Crippen LogP) is 5.45. The molecule has 0 saturated carbocycles. The van der Waals surface area contributed by atoms with Crippen LogP contribution in [0.1, 0.15) is 42.4 Å². The number of hydrogen-bond donors (Lipinski definition) is 0. The van der Waals surface area contributed by atoms with Crippen LogP contribution in [0, 0.1) is 11.3 Å². The molecule has 0 N–H and O–H groups in total. The molecule has 4 aromatic rings. The van der Waals surface area contributed by atoms with Crippen LogP contribution in [0.15, 0.2) is 83.1 Å². The molecule has 6 nitrogen and oxygen atoms in total. The molecule has 0 aliphatic heterocycles. The smallest absolute Gasteiger partial charge is 0.198 e. The van der Waals surface area contributed by atoms with E-state index in [-0.39, 0.29) is 12.6 Å². The molecule has 1 atom stereocenters. The molecule has 0 aliphatic carbocycles. The summed E-state index contributed by atoms with van der Waals surface area (Å²) in [5, 5.41) is 19.5. The summed E-state index contributed by atoms with van der Waals surface area (Å²) in [4.78, 5) is 4.37. The second kappa shape index (κ2) is 10.1. The van der Waals surface area contributed by atoms with Gasteiger partial charge in [-0.25, -0.2) is 4.98 Å². The lowest BCUT2D eigenvalue weighted by molar-refractivity contribution is 0.285. The number of aryl methyl sites for hydroxylation is 1. The molecule has 2 aromatic heterocycles. The second-order valence-corrected chi connectivity index (χ2v) is 8.17. The van der Waals surface area contributed by atoms with Crippen molar-refractivity contribution in [3.63, 3.8) is 0 Å². The Kier molecular flexibility index (Phi) is 6.83. The molecule has 160 valence electrons. The Labute approximate surface area is 191 Å². The van der Waals surface area contributed by atoms with E-state index >= 15 is 0 Å². The monoisotopic (exact) mass is 441 g/mol. The first-order valence-corrected chi connectivity index (χ1v) is 11.2. The average Bonchev–Trinajstić information content (AvgIpc) is 3.25. The third kappa shape index (κ3) is 4.82. The fourth-order valence-electron chi connectivity index (χ4n) is 3.36. The van der Waals surface area contributed by atoms with Crippen molar-refractivity contribution >= 4 is 11.8 Å². The minimum atomic E-state index is -0.0241. The van der Waals surface area contributed by atoms with E-state index in [1.165, 1.54) is 17.3 Å². The number of benzene rings is 2. The molecule has 0 unspecified atom stereocenters. The fraction of sp³-hybridized carbons (Fsp3) is 0.200. The van der Waals surface area contributed by atoms with E-state index in [4.69, 9.17) is 4.74 Å². The molecule has 32 heavy (non-hydrogen) atoms. The minimum Gasteiger partial charge on any atom is -0.486 e. The van der Waals surface area contributed by atoms with Crippen molar-refractivity contribution in [3.05, 3.63) is 95.4 Å².